The molecular formula is C12H14N4O3. The Kier molecular flexibility index (Phi) is 3.76. The number of carbonyl (C=O) groups excluding carboxylic acids is 2. The van der Waals surface area contributed by atoms with E-state index in [0.717, 1.165) is 0 Å². The van der Waals surface area contributed by atoms with E-state index < -0.39 is 5.97 Å². The maximum absolute atomic E-state index is 11.6. The zero-order chi connectivity index (χ0) is 13.8. The van der Waals surface area contributed by atoms with Crippen molar-refractivity contribution in [3.63, 3.8) is 0 Å². The molecule has 0 unspecified atom stereocenters. The fraction of sp³-hybridized carbons (Fsp3) is 0.250. The molecule has 0 saturated heterocycles. The highest BCUT2D eigenvalue weighted by Gasteiger charge is 2.14. The van der Waals surface area contributed by atoms with Crippen LogP contribution in [-0.4, -0.2) is 34.4 Å². The fourth-order valence-electron chi connectivity index (χ4n) is 1.62. The Morgan fingerprint density at radius 3 is 3.00 bits per heavy atom. The molecule has 0 bridgehead atoms. The molecule has 0 aliphatic carbocycles. The average Bonchev–Trinajstić information content (AvgIpc) is 2.84. The number of nitrogens with two attached hydrogens (primary N) is 1. The van der Waals surface area contributed by atoms with Crippen LogP contribution in [0, 0.1) is 0 Å². The molecule has 0 aromatic carbocycles. The van der Waals surface area contributed by atoms with Crippen molar-refractivity contribution in [2.24, 2.45) is 5.73 Å². The lowest BCUT2D eigenvalue weighted by Crippen LogP contribution is -2.22. The second-order valence-corrected chi connectivity index (χ2v) is 3.75. The summed E-state index contributed by atoms with van der Waals surface area (Å²) in [6, 6.07) is 3.42. The number of amides is 1. The van der Waals surface area contributed by atoms with Crippen LogP contribution in [0.5, 0.6) is 0 Å². The van der Waals surface area contributed by atoms with Gasteiger partial charge in [-0.15, -0.1) is 0 Å². The lowest BCUT2D eigenvalue weighted by Gasteiger charge is -2.04. The van der Waals surface area contributed by atoms with Gasteiger partial charge in [0.25, 0.3) is 0 Å². The van der Waals surface area contributed by atoms with Gasteiger partial charge in [0.1, 0.15) is 0 Å². The Morgan fingerprint density at radius 2 is 2.32 bits per heavy atom. The molecule has 0 spiro atoms. The number of pyridine rings is 1. The summed E-state index contributed by atoms with van der Waals surface area (Å²) < 4.78 is 6.51. The van der Waals surface area contributed by atoms with Gasteiger partial charge in [-0.1, -0.05) is 0 Å². The highest BCUT2D eigenvalue weighted by Crippen LogP contribution is 2.16. The van der Waals surface area contributed by atoms with Gasteiger partial charge in [0.15, 0.2) is 11.3 Å². The number of hydrogen-bond acceptors (Lipinski definition) is 5. The minimum Gasteiger partial charge on any atom is -0.461 e. The predicted octanol–water partition coefficient (Wildman–Crippen LogP) is 0.408. The summed E-state index contributed by atoms with van der Waals surface area (Å²) in [7, 11) is 0. The van der Waals surface area contributed by atoms with E-state index in [0.29, 0.717) is 11.3 Å². The normalized spacial score (nSPS) is 10.4. The summed E-state index contributed by atoms with van der Waals surface area (Å²) in [5, 5.41) is 2.62. The Bertz CT molecular complexity index is 620. The van der Waals surface area contributed by atoms with Crippen LogP contribution in [0.3, 0.4) is 0 Å². The van der Waals surface area contributed by atoms with Crippen molar-refractivity contribution in [1.29, 1.82) is 0 Å². The first-order valence-corrected chi connectivity index (χ1v) is 5.80. The number of carbonyl (C=O) groups is 2. The van der Waals surface area contributed by atoms with Crippen molar-refractivity contribution in [3.8, 4) is 0 Å². The van der Waals surface area contributed by atoms with Gasteiger partial charge in [0, 0.05) is 12.4 Å². The maximum atomic E-state index is 11.6. The molecule has 0 atom stereocenters. The molecule has 7 nitrogen and oxygen atoms in total. The van der Waals surface area contributed by atoms with Gasteiger partial charge in [-0.25, -0.2) is 9.78 Å². The van der Waals surface area contributed by atoms with Crippen LogP contribution in [0.15, 0.2) is 24.5 Å². The topological polar surface area (TPSA) is 98.7 Å². The Balaban J connectivity index is 2.39. The number of esters is 1. The van der Waals surface area contributed by atoms with Gasteiger partial charge in [0.2, 0.25) is 5.91 Å². The molecule has 0 radical (unpaired) electrons. The highest BCUT2D eigenvalue weighted by atomic mass is 16.5. The van der Waals surface area contributed by atoms with E-state index in [1.165, 1.54) is 0 Å². The number of nitrogens with one attached hydrogen (secondary N) is 1. The quantitative estimate of drug-likeness (QED) is 0.777. The lowest BCUT2D eigenvalue weighted by atomic mass is 10.4. The Labute approximate surface area is 109 Å². The van der Waals surface area contributed by atoms with Crippen molar-refractivity contribution in [1.82, 2.24) is 9.38 Å². The summed E-state index contributed by atoms with van der Waals surface area (Å²) in [6.07, 6.45) is 3.27. The van der Waals surface area contributed by atoms with Crippen molar-refractivity contribution in [2.45, 2.75) is 6.92 Å². The third kappa shape index (κ3) is 2.71. The number of fused-ring (bicyclic) bond motifs is 1. The molecule has 0 fully saturated rings. The van der Waals surface area contributed by atoms with E-state index in [9.17, 15) is 9.59 Å². The first-order valence-electron chi connectivity index (χ1n) is 5.80. The summed E-state index contributed by atoms with van der Waals surface area (Å²) in [5.74, 6) is -0.823. The number of ether oxygens (including phenoxy) is 1. The Morgan fingerprint density at radius 1 is 1.53 bits per heavy atom. The van der Waals surface area contributed by atoms with Crippen LogP contribution in [0.4, 0.5) is 5.69 Å². The second-order valence-electron chi connectivity index (χ2n) is 3.75. The van der Waals surface area contributed by atoms with Gasteiger partial charge in [-0.05, 0) is 19.1 Å². The molecule has 0 aliphatic rings. The molecule has 2 rings (SSSR count). The third-order valence-electron chi connectivity index (χ3n) is 2.43. The van der Waals surface area contributed by atoms with Crippen molar-refractivity contribution >= 4 is 23.2 Å². The molecular weight excluding hydrogens is 248 g/mol. The van der Waals surface area contributed by atoms with Crippen molar-refractivity contribution in [2.75, 3.05) is 18.5 Å². The third-order valence-corrected chi connectivity index (χ3v) is 2.43. The van der Waals surface area contributed by atoms with Gasteiger partial charge >= 0.3 is 5.97 Å². The highest BCUT2D eigenvalue weighted by molar-refractivity contribution is 5.96. The first kappa shape index (κ1) is 13.0. The van der Waals surface area contributed by atoms with Gasteiger partial charge in [-0.3, -0.25) is 4.79 Å². The Hall–Kier alpha value is -2.41. The van der Waals surface area contributed by atoms with Gasteiger partial charge < -0.3 is 20.2 Å². The van der Waals surface area contributed by atoms with Crippen molar-refractivity contribution < 1.29 is 14.3 Å². The number of anilines is 1. The van der Waals surface area contributed by atoms with E-state index in [4.69, 9.17) is 10.5 Å². The molecule has 2 heterocycles. The SMILES string of the molecule is CCOC(=O)c1cn2cccc(NC(=O)CN)c2n1. The second kappa shape index (κ2) is 5.49. The fourth-order valence-corrected chi connectivity index (χ4v) is 1.62. The lowest BCUT2D eigenvalue weighted by molar-refractivity contribution is -0.114. The van der Waals surface area contributed by atoms with Crippen LogP contribution in [0.25, 0.3) is 5.65 Å². The minimum atomic E-state index is -0.498. The average molecular weight is 262 g/mol. The van der Waals surface area contributed by atoms with Gasteiger partial charge in [0.05, 0.1) is 18.8 Å². The van der Waals surface area contributed by atoms with Crippen molar-refractivity contribution in [3.05, 3.63) is 30.2 Å². The molecule has 2 aromatic rings. The summed E-state index contributed by atoms with van der Waals surface area (Å²) >= 11 is 0. The van der Waals surface area contributed by atoms with E-state index in [2.05, 4.69) is 10.3 Å². The standard InChI is InChI=1S/C12H14N4O3/c1-2-19-12(18)9-7-16-5-3-4-8(11(16)15-9)14-10(17)6-13/h3-5,7H,2,6,13H2,1H3,(H,14,17). The number of imidazole rings is 1. The summed E-state index contributed by atoms with van der Waals surface area (Å²) in [4.78, 5) is 27.1. The molecule has 1 amide bonds. The number of nitrogens with zero attached hydrogens (tertiary/aromatic N) is 2. The van der Waals surface area contributed by atoms with Crippen LogP contribution in [0.2, 0.25) is 0 Å². The van der Waals surface area contributed by atoms with E-state index >= 15 is 0 Å². The molecule has 0 aliphatic heterocycles. The largest absolute Gasteiger partial charge is 0.461 e. The molecule has 7 heteroatoms. The zero-order valence-electron chi connectivity index (χ0n) is 10.4. The van der Waals surface area contributed by atoms with E-state index in [1.54, 1.807) is 35.9 Å². The first-order chi connectivity index (χ1) is 9.15. The van der Waals surface area contributed by atoms with Gasteiger partial charge in [-0.2, -0.15) is 0 Å². The molecule has 2 aromatic heterocycles. The minimum absolute atomic E-state index is 0.119. The monoisotopic (exact) mass is 262 g/mol. The van der Waals surface area contributed by atoms with E-state index in [-0.39, 0.29) is 24.8 Å². The molecule has 0 saturated carbocycles. The molecule has 100 valence electrons. The van der Waals surface area contributed by atoms with E-state index in [1.807, 2.05) is 0 Å². The smallest absolute Gasteiger partial charge is 0.358 e. The van der Waals surface area contributed by atoms with Crippen LogP contribution in [0.1, 0.15) is 17.4 Å². The summed E-state index contributed by atoms with van der Waals surface area (Å²) in [5.41, 5.74) is 6.39. The van der Waals surface area contributed by atoms with Crippen LogP contribution in [-0.2, 0) is 9.53 Å². The molecule has 3 N–H and O–H groups in total. The number of hydrogen-bond donors (Lipinski definition) is 2. The summed E-state index contributed by atoms with van der Waals surface area (Å²) in [6.45, 7) is 1.89. The molecule has 19 heavy (non-hydrogen) atoms. The number of rotatable bonds is 4. The predicted molar refractivity (Wildman–Crippen MR) is 68.8 cm³/mol. The van der Waals surface area contributed by atoms with Crippen LogP contribution < -0.4 is 11.1 Å². The maximum Gasteiger partial charge on any atom is 0.358 e. The zero-order valence-corrected chi connectivity index (χ0v) is 10.4. The van der Waals surface area contributed by atoms with Crippen LogP contribution >= 0.6 is 0 Å². The number of aromatic nitrogens is 2.